The number of hydrogen-bond donors (Lipinski definition) is 0. The Labute approximate surface area is 255 Å². The van der Waals surface area contributed by atoms with Crippen LogP contribution in [-0.2, 0) is 12.8 Å². The van der Waals surface area contributed by atoms with Crippen molar-refractivity contribution in [3.8, 4) is 34.2 Å². The van der Waals surface area contributed by atoms with Gasteiger partial charge in [0, 0.05) is 33.0 Å². The minimum absolute atomic E-state index is 0.920. The first kappa shape index (κ1) is 25.1. The number of fused-ring (bicyclic) bond motifs is 7. The van der Waals surface area contributed by atoms with Gasteiger partial charge in [0.1, 0.15) is 11.6 Å². The molecule has 44 heavy (non-hydrogen) atoms. The van der Waals surface area contributed by atoms with Crippen LogP contribution in [0.25, 0.3) is 66.9 Å². The second-order valence-electron chi connectivity index (χ2n) is 11.7. The summed E-state index contributed by atoms with van der Waals surface area (Å²) < 4.78 is 4.81. The van der Waals surface area contributed by atoms with E-state index in [1.165, 1.54) is 45.8 Å². The first-order chi connectivity index (χ1) is 21.8. The van der Waals surface area contributed by atoms with Crippen LogP contribution in [0.15, 0.2) is 133 Å². The first-order valence-corrected chi connectivity index (χ1v) is 15.5. The highest BCUT2D eigenvalue weighted by atomic mass is 15.1. The number of aryl methyl sites for hydroxylation is 1. The summed E-state index contributed by atoms with van der Waals surface area (Å²) in [6.45, 7) is 0. The summed E-state index contributed by atoms with van der Waals surface area (Å²) in [4.78, 5) is 10.5. The predicted molar refractivity (Wildman–Crippen MR) is 181 cm³/mol. The summed E-state index contributed by atoms with van der Waals surface area (Å²) in [5.74, 6) is 1.90. The largest absolute Gasteiger partial charge is 0.297 e. The van der Waals surface area contributed by atoms with Gasteiger partial charge in [-0.15, -0.1) is 0 Å². The second kappa shape index (κ2) is 10.1. The fourth-order valence-electron chi connectivity index (χ4n) is 7.21. The van der Waals surface area contributed by atoms with Crippen LogP contribution < -0.4 is 0 Å². The molecule has 0 radical (unpaired) electrons. The van der Waals surface area contributed by atoms with Gasteiger partial charge >= 0.3 is 0 Å². The summed E-state index contributed by atoms with van der Waals surface area (Å²) in [7, 11) is 0. The molecule has 9 rings (SSSR count). The lowest BCUT2D eigenvalue weighted by atomic mass is 9.95. The van der Waals surface area contributed by atoms with Crippen molar-refractivity contribution in [3.63, 3.8) is 0 Å². The second-order valence-corrected chi connectivity index (χ2v) is 11.7. The van der Waals surface area contributed by atoms with Crippen molar-refractivity contribution in [2.75, 3.05) is 0 Å². The van der Waals surface area contributed by atoms with E-state index in [0.717, 1.165) is 58.0 Å². The molecule has 4 aromatic heterocycles. The number of pyridine rings is 2. The van der Waals surface area contributed by atoms with E-state index >= 15 is 0 Å². The summed E-state index contributed by atoms with van der Waals surface area (Å²) in [6, 6.07) is 47.1. The molecular formula is C40H30N4. The number of benzene rings is 4. The minimum Gasteiger partial charge on any atom is -0.297 e. The molecule has 4 heterocycles. The lowest BCUT2D eigenvalue weighted by Gasteiger charge is -2.16. The standard InChI is InChI=1S/C40H30N4/c1-3-13-27(14-4-1)32-19-11-23-37(41-32)43-35-22-10-8-18-31(35)39-36(43)26-25-30-29-17-7-9-21-34(29)44(40(30)39)38-24-12-20-33(42-38)28-15-5-2-6-16-28/h1-6,8,10-16,18-20,22-26H,7,9,17,21H2. The van der Waals surface area contributed by atoms with Crippen LogP contribution in [-0.4, -0.2) is 19.1 Å². The zero-order valence-electron chi connectivity index (χ0n) is 24.3. The zero-order valence-corrected chi connectivity index (χ0v) is 24.3. The Hall–Kier alpha value is -5.48. The highest BCUT2D eigenvalue weighted by molar-refractivity contribution is 6.21. The highest BCUT2D eigenvalue weighted by Gasteiger charge is 2.26. The first-order valence-electron chi connectivity index (χ1n) is 15.5. The maximum Gasteiger partial charge on any atom is 0.138 e. The molecule has 0 saturated carbocycles. The third kappa shape index (κ3) is 3.84. The average Bonchev–Trinajstić information content (AvgIpc) is 3.62. The Bertz CT molecular complexity index is 2330. The van der Waals surface area contributed by atoms with Crippen LogP contribution in [0.3, 0.4) is 0 Å². The van der Waals surface area contributed by atoms with E-state index in [9.17, 15) is 0 Å². The summed E-state index contributed by atoms with van der Waals surface area (Å²) >= 11 is 0. The van der Waals surface area contributed by atoms with Gasteiger partial charge in [-0.1, -0.05) is 97.1 Å². The number of nitrogens with zero attached hydrogens (tertiary/aromatic N) is 4. The molecule has 1 aliphatic carbocycles. The molecule has 0 unspecified atom stereocenters. The van der Waals surface area contributed by atoms with E-state index in [1.807, 2.05) is 6.07 Å². The van der Waals surface area contributed by atoms with Gasteiger partial charge in [0.2, 0.25) is 0 Å². The fraction of sp³-hybridized carbons (Fsp3) is 0.100. The number of aromatic nitrogens is 4. The Morgan fingerprint density at radius 3 is 1.77 bits per heavy atom. The third-order valence-electron chi connectivity index (χ3n) is 9.13. The van der Waals surface area contributed by atoms with E-state index in [4.69, 9.17) is 9.97 Å². The van der Waals surface area contributed by atoms with Crippen molar-refractivity contribution in [2.45, 2.75) is 25.7 Å². The van der Waals surface area contributed by atoms with Crippen molar-refractivity contribution in [3.05, 3.63) is 145 Å². The molecular weight excluding hydrogens is 536 g/mol. The molecule has 0 spiro atoms. The summed E-state index contributed by atoms with van der Waals surface area (Å²) in [5.41, 5.74) is 10.6. The van der Waals surface area contributed by atoms with E-state index in [0.29, 0.717) is 0 Å². The molecule has 1 aliphatic rings. The Morgan fingerprint density at radius 1 is 0.455 bits per heavy atom. The number of hydrogen-bond acceptors (Lipinski definition) is 2. The molecule has 0 N–H and O–H groups in total. The SMILES string of the molecule is c1ccc(-c2cccc(-n3c4c(c5ccc6c(c7ccccc7n6-c6cccc(-c7ccccc7)n6)c53)CCCC4)n2)cc1. The Morgan fingerprint density at radius 2 is 1.07 bits per heavy atom. The number of para-hydroxylation sites is 1. The normalized spacial score (nSPS) is 13.1. The smallest absolute Gasteiger partial charge is 0.138 e. The van der Waals surface area contributed by atoms with Gasteiger partial charge in [-0.3, -0.25) is 9.13 Å². The van der Waals surface area contributed by atoms with Crippen LogP contribution in [0.4, 0.5) is 0 Å². The molecule has 0 atom stereocenters. The van der Waals surface area contributed by atoms with Crippen molar-refractivity contribution in [2.24, 2.45) is 0 Å². The Kier molecular flexibility index (Phi) is 5.73. The maximum absolute atomic E-state index is 5.28. The summed E-state index contributed by atoms with van der Waals surface area (Å²) in [6.07, 6.45) is 4.58. The van der Waals surface area contributed by atoms with Crippen LogP contribution in [0.1, 0.15) is 24.1 Å². The van der Waals surface area contributed by atoms with E-state index in [-0.39, 0.29) is 0 Å². The van der Waals surface area contributed by atoms with Gasteiger partial charge in [-0.05, 0) is 67.6 Å². The van der Waals surface area contributed by atoms with Crippen molar-refractivity contribution in [1.29, 1.82) is 0 Å². The molecule has 4 heteroatoms. The van der Waals surface area contributed by atoms with Crippen LogP contribution in [0, 0.1) is 0 Å². The molecule has 0 amide bonds. The van der Waals surface area contributed by atoms with Crippen LogP contribution in [0.5, 0.6) is 0 Å². The van der Waals surface area contributed by atoms with Crippen molar-refractivity contribution >= 4 is 32.7 Å². The Balaban J connectivity index is 1.36. The molecule has 210 valence electrons. The van der Waals surface area contributed by atoms with Crippen molar-refractivity contribution in [1.82, 2.24) is 19.1 Å². The molecule has 4 aromatic carbocycles. The fourth-order valence-corrected chi connectivity index (χ4v) is 7.21. The minimum atomic E-state index is 0.920. The monoisotopic (exact) mass is 566 g/mol. The van der Waals surface area contributed by atoms with E-state index in [1.54, 1.807) is 0 Å². The van der Waals surface area contributed by atoms with Gasteiger partial charge in [-0.25, -0.2) is 9.97 Å². The maximum atomic E-state index is 5.28. The van der Waals surface area contributed by atoms with Gasteiger partial charge in [0.05, 0.1) is 27.9 Å². The molecule has 8 aromatic rings. The molecule has 0 aliphatic heterocycles. The zero-order chi connectivity index (χ0) is 29.0. The van der Waals surface area contributed by atoms with E-state index in [2.05, 4.69) is 137 Å². The van der Waals surface area contributed by atoms with Crippen LogP contribution in [0.2, 0.25) is 0 Å². The van der Waals surface area contributed by atoms with Crippen molar-refractivity contribution < 1.29 is 0 Å². The van der Waals surface area contributed by atoms with Gasteiger partial charge in [0.25, 0.3) is 0 Å². The average molecular weight is 567 g/mol. The van der Waals surface area contributed by atoms with Crippen LogP contribution >= 0.6 is 0 Å². The van der Waals surface area contributed by atoms with E-state index < -0.39 is 0 Å². The quantitative estimate of drug-likeness (QED) is 0.213. The molecule has 0 fully saturated rings. The van der Waals surface area contributed by atoms with Gasteiger partial charge in [-0.2, -0.15) is 0 Å². The third-order valence-corrected chi connectivity index (χ3v) is 9.13. The predicted octanol–water partition coefficient (Wildman–Crippen LogP) is 9.73. The molecule has 4 nitrogen and oxygen atoms in total. The number of rotatable bonds is 4. The lowest BCUT2D eigenvalue weighted by molar-refractivity contribution is 0.665. The lowest BCUT2D eigenvalue weighted by Crippen LogP contribution is -2.08. The topological polar surface area (TPSA) is 35.6 Å². The highest BCUT2D eigenvalue weighted by Crippen LogP contribution is 2.42. The molecule has 0 bridgehead atoms. The summed E-state index contributed by atoms with van der Waals surface area (Å²) in [5, 5.41) is 3.83. The molecule has 0 saturated heterocycles. The van der Waals surface area contributed by atoms with Gasteiger partial charge in [0.15, 0.2) is 0 Å². The van der Waals surface area contributed by atoms with Gasteiger partial charge < -0.3 is 0 Å².